The van der Waals surface area contributed by atoms with Gasteiger partial charge in [-0.05, 0) is 92.2 Å². The topological polar surface area (TPSA) is 0 Å². The van der Waals surface area contributed by atoms with E-state index in [1.165, 1.54) is 31.2 Å². The van der Waals surface area contributed by atoms with Gasteiger partial charge in [-0.2, -0.15) is 0 Å². The Hall–Kier alpha value is -0.780. The largest absolute Gasteiger partial charge is 0.0617 e. The van der Waals surface area contributed by atoms with Gasteiger partial charge in [-0.15, -0.1) is 0 Å². The van der Waals surface area contributed by atoms with Crippen molar-refractivity contribution in [3.8, 4) is 0 Å². The van der Waals surface area contributed by atoms with Crippen LogP contribution < -0.4 is 0 Å². The van der Waals surface area contributed by atoms with Gasteiger partial charge in [0.25, 0.3) is 0 Å². The highest BCUT2D eigenvalue weighted by Gasteiger charge is 2.48. The van der Waals surface area contributed by atoms with Crippen LogP contribution in [0.25, 0.3) is 0 Å². The van der Waals surface area contributed by atoms with Gasteiger partial charge in [-0.1, -0.05) is 18.2 Å². The zero-order valence-corrected chi connectivity index (χ0v) is 11.7. The lowest BCUT2D eigenvalue weighted by molar-refractivity contribution is -0.00299. The van der Waals surface area contributed by atoms with Crippen molar-refractivity contribution in [2.45, 2.75) is 51.9 Å². The predicted octanol–water partition coefficient (Wildman–Crippen LogP) is 4.84. The average Bonchev–Trinajstić information content (AvgIpc) is 2.33. The van der Waals surface area contributed by atoms with E-state index in [9.17, 15) is 0 Å². The minimum atomic E-state index is 0.901. The minimum Gasteiger partial charge on any atom is -0.0617 e. The predicted molar refractivity (Wildman–Crippen MR) is 75.7 cm³/mol. The fraction of sp³-hybridized carbons (Fsp3) is 0.667. The van der Waals surface area contributed by atoms with Crippen LogP contribution >= 0.6 is 0 Å². The highest BCUT2D eigenvalue weighted by molar-refractivity contribution is 5.37. The second-order valence-electron chi connectivity index (χ2n) is 7.25. The van der Waals surface area contributed by atoms with E-state index in [4.69, 9.17) is 0 Å². The van der Waals surface area contributed by atoms with Gasteiger partial charge in [0, 0.05) is 0 Å². The van der Waals surface area contributed by atoms with Crippen LogP contribution in [0.15, 0.2) is 18.2 Å². The van der Waals surface area contributed by atoms with Gasteiger partial charge < -0.3 is 0 Å². The Morgan fingerprint density at radius 2 is 1.44 bits per heavy atom. The van der Waals surface area contributed by atoms with Gasteiger partial charge in [0.1, 0.15) is 0 Å². The third-order valence-electron chi connectivity index (χ3n) is 6.23. The molecule has 0 atom stereocenters. The van der Waals surface area contributed by atoms with E-state index in [0.29, 0.717) is 0 Å². The molecule has 0 nitrogen and oxygen atoms in total. The summed E-state index contributed by atoms with van der Waals surface area (Å²) in [5.74, 6) is 5.11. The molecule has 5 rings (SSSR count). The zero-order chi connectivity index (χ0) is 12.3. The molecule has 0 unspecified atom stereocenters. The third kappa shape index (κ3) is 1.51. The Morgan fingerprint density at radius 1 is 0.833 bits per heavy atom. The molecule has 96 valence electrons. The van der Waals surface area contributed by atoms with Crippen LogP contribution in [0.1, 0.15) is 54.7 Å². The summed E-state index contributed by atoms with van der Waals surface area (Å²) in [5.41, 5.74) is 4.76. The monoisotopic (exact) mass is 240 g/mol. The molecule has 0 saturated heterocycles. The third-order valence-corrected chi connectivity index (χ3v) is 6.23. The molecule has 4 aliphatic rings. The number of benzene rings is 1. The Kier molecular flexibility index (Phi) is 2.37. The average molecular weight is 240 g/mol. The van der Waals surface area contributed by atoms with Crippen molar-refractivity contribution in [3.05, 3.63) is 34.9 Å². The number of hydrogen-bond donors (Lipinski definition) is 0. The fourth-order valence-electron chi connectivity index (χ4n) is 5.57. The van der Waals surface area contributed by atoms with Crippen molar-refractivity contribution >= 4 is 0 Å². The SMILES string of the molecule is Cc1cccc(C2C3CC4CC(C3)CC2C4)c1C. The first-order valence-corrected chi connectivity index (χ1v) is 7.78. The smallest absolute Gasteiger partial charge is 0.0102 e. The normalized spacial score (nSPS) is 41.3. The summed E-state index contributed by atoms with van der Waals surface area (Å²) in [6.07, 6.45) is 7.69. The van der Waals surface area contributed by atoms with Gasteiger partial charge >= 0.3 is 0 Å². The Labute approximate surface area is 111 Å². The summed E-state index contributed by atoms with van der Waals surface area (Å²) >= 11 is 0. The second-order valence-corrected chi connectivity index (χ2v) is 7.25. The van der Waals surface area contributed by atoms with Crippen molar-refractivity contribution in [2.24, 2.45) is 23.7 Å². The maximum Gasteiger partial charge on any atom is -0.0102 e. The number of rotatable bonds is 1. The summed E-state index contributed by atoms with van der Waals surface area (Å²) in [4.78, 5) is 0. The molecule has 0 spiro atoms. The number of hydrogen-bond acceptors (Lipinski definition) is 0. The summed E-state index contributed by atoms with van der Waals surface area (Å²) in [5, 5.41) is 0. The molecule has 0 aromatic heterocycles. The van der Waals surface area contributed by atoms with E-state index >= 15 is 0 Å². The molecule has 4 fully saturated rings. The highest BCUT2D eigenvalue weighted by Crippen LogP contribution is 2.60. The van der Waals surface area contributed by atoms with E-state index in [1.54, 1.807) is 17.5 Å². The van der Waals surface area contributed by atoms with Crippen LogP contribution in [0.2, 0.25) is 0 Å². The first kappa shape index (κ1) is 11.1. The molecule has 4 aliphatic carbocycles. The van der Waals surface area contributed by atoms with Crippen LogP contribution in [0.4, 0.5) is 0 Å². The van der Waals surface area contributed by atoms with E-state index in [2.05, 4.69) is 32.0 Å². The molecule has 0 aliphatic heterocycles. The van der Waals surface area contributed by atoms with E-state index in [0.717, 1.165) is 29.6 Å². The molecule has 18 heavy (non-hydrogen) atoms. The zero-order valence-electron chi connectivity index (χ0n) is 11.7. The Morgan fingerprint density at radius 3 is 2.06 bits per heavy atom. The number of aryl methyl sites for hydroxylation is 1. The van der Waals surface area contributed by atoms with Crippen molar-refractivity contribution < 1.29 is 0 Å². The van der Waals surface area contributed by atoms with Crippen molar-refractivity contribution in [2.75, 3.05) is 0 Å². The molecular weight excluding hydrogens is 216 g/mol. The van der Waals surface area contributed by atoms with Crippen molar-refractivity contribution in [3.63, 3.8) is 0 Å². The van der Waals surface area contributed by atoms with E-state index in [-0.39, 0.29) is 0 Å². The van der Waals surface area contributed by atoms with Crippen molar-refractivity contribution in [1.82, 2.24) is 0 Å². The molecule has 0 radical (unpaired) electrons. The fourth-order valence-corrected chi connectivity index (χ4v) is 5.57. The Bertz CT molecular complexity index is 443. The Balaban J connectivity index is 1.74. The highest BCUT2D eigenvalue weighted by atomic mass is 14.5. The standard InChI is InChI=1S/C18H24/c1-11-4-3-5-17(12(11)2)18-15-7-13-6-14(9-15)10-16(18)8-13/h3-5,13-16,18H,6-10H2,1-2H3. The quantitative estimate of drug-likeness (QED) is 0.658. The van der Waals surface area contributed by atoms with Crippen LogP contribution in [-0.4, -0.2) is 0 Å². The molecule has 1 aromatic rings. The lowest BCUT2D eigenvalue weighted by atomic mass is 9.50. The minimum absolute atomic E-state index is 0.901. The van der Waals surface area contributed by atoms with Crippen LogP contribution in [0, 0.1) is 37.5 Å². The molecule has 4 bridgehead atoms. The van der Waals surface area contributed by atoms with Crippen LogP contribution in [0.3, 0.4) is 0 Å². The first-order chi connectivity index (χ1) is 8.72. The maximum atomic E-state index is 2.43. The van der Waals surface area contributed by atoms with Gasteiger partial charge in [0.05, 0.1) is 0 Å². The van der Waals surface area contributed by atoms with Gasteiger partial charge in [0.2, 0.25) is 0 Å². The van der Waals surface area contributed by atoms with Gasteiger partial charge in [0.15, 0.2) is 0 Å². The molecular formula is C18H24. The van der Waals surface area contributed by atoms with Gasteiger partial charge in [-0.25, -0.2) is 0 Å². The molecule has 0 heteroatoms. The first-order valence-electron chi connectivity index (χ1n) is 7.78. The lowest BCUT2D eigenvalue weighted by Gasteiger charge is -2.55. The van der Waals surface area contributed by atoms with E-state index in [1.807, 2.05) is 0 Å². The summed E-state index contributed by atoms with van der Waals surface area (Å²) in [6.45, 7) is 4.62. The maximum absolute atomic E-state index is 2.43. The lowest BCUT2D eigenvalue weighted by Crippen LogP contribution is -2.44. The summed E-state index contributed by atoms with van der Waals surface area (Å²) in [6, 6.07) is 6.98. The summed E-state index contributed by atoms with van der Waals surface area (Å²) < 4.78 is 0. The summed E-state index contributed by atoms with van der Waals surface area (Å²) in [7, 11) is 0. The molecule has 4 saturated carbocycles. The van der Waals surface area contributed by atoms with Gasteiger partial charge in [-0.3, -0.25) is 0 Å². The van der Waals surface area contributed by atoms with E-state index < -0.39 is 0 Å². The van der Waals surface area contributed by atoms with Crippen molar-refractivity contribution in [1.29, 1.82) is 0 Å². The molecule has 1 aromatic carbocycles. The molecule has 0 heterocycles. The molecule has 0 N–H and O–H groups in total. The van der Waals surface area contributed by atoms with Crippen LogP contribution in [-0.2, 0) is 0 Å². The molecule has 0 amide bonds. The van der Waals surface area contributed by atoms with Crippen LogP contribution in [0.5, 0.6) is 0 Å². The second kappa shape index (κ2) is 3.85.